The van der Waals surface area contributed by atoms with Crippen molar-refractivity contribution in [3.8, 4) is 0 Å². The molecule has 0 saturated heterocycles. The minimum Gasteiger partial charge on any atom is -0.261 e. The summed E-state index contributed by atoms with van der Waals surface area (Å²) < 4.78 is 0. The average molecular weight is 189 g/mol. The number of nitrogens with zero attached hydrogens (tertiary/aromatic N) is 1. The monoisotopic (exact) mass is 189 g/mol. The molecular weight excluding hydrogens is 170 g/mol. The normalized spacial score (nSPS) is 17.4. The van der Waals surface area contributed by atoms with E-state index in [0.29, 0.717) is 0 Å². The highest BCUT2D eigenvalue weighted by atomic mass is 14.7. The van der Waals surface area contributed by atoms with E-state index in [-0.39, 0.29) is 0 Å². The van der Waals surface area contributed by atoms with Gasteiger partial charge in [0.25, 0.3) is 0 Å². The summed E-state index contributed by atoms with van der Waals surface area (Å²) in [5.41, 5.74) is 1.26. The minimum absolute atomic E-state index is 1.03. The molecule has 76 valence electrons. The summed E-state index contributed by atoms with van der Waals surface area (Å²) in [6, 6.07) is 6.20. The van der Waals surface area contributed by atoms with E-state index >= 15 is 0 Å². The molecule has 1 heteroatoms. The van der Waals surface area contributed by atoms with Crippen LogP contribution in [0.3, 0.4) is 0 Å². The van der Waals surface area contributed by atoms with Crippen LogP contribution < -0.4 is 0 Å². The molecule has 1 aromatic rings. The van der Waals surface area contributed by atoms with Crippen LogP contribution in [0.1, 0.15) is 44.2 Å². The SMILES string of the molecule is c1ccc(CCCC2CCCC2)nc1. The van der Waals surface area contributed by atoms with Crippen molar-refractivity contribution >= 4 is 0 Å². The largest absolute Gasteiger partial charge is 0.261 e. The minimum atomic E-state index is 1.03. The van der Waals surface area contributed by atoms with Crippen LogP contribution in [-0.2, 0) is 6.42 Å². The highest BCUT2D eigenvalue weighted by Crippen LogP contribution is 2.28. The number of aryl methyl sites for hydroxylation is 1. The standard InChI is InChI=1S/C13H19N/c1-2-7-12(6-1)8-5-10-13-9-3-4-11-14-13/h3-4,9,11-12H,1-2,5-8,10H2. The molecule has 1 saturated carbocycles. The highest BCUT2D eigenvalue weighted by Gasteiger charge is 2.13. The zero-order chi connectivity index (χ0) is 9.64. The van der Waals surface area contributed by atoms with Gasteiger partial charge in [-0.15, -0.1) is 0 Å². The van der Waals surface area contributed by atoms with Crippen molar-refractivity contribution in [3.63, 3.8) is 0 Å². The molecule has 1 aliphatic rings. The Morgan fingerprint density at radius 2 is 2.07 bits per heavy atom. The van der Waals surface area contributed by atoms with E-state index in [0.717, 1.165) is 12.3 Å². The van der Waals surface area contributed by atoms with Crippen LogP contribution in [0.5, 0.6) is 0 Å². The van der Waals surface area contributed by atoms with E-state index in [4.69, 9.17) is 0 Å². The van der Waals surface area contributed by atoms with Crippen LogP contribution in [-0.4, -0.2) is 4.98 Å². The molecule has 0 aliphatic heterocycles. The predicted octanol–water partition coefficient (Wildman–Crippen LogP) is 3.59. The van der Waals surface area contributed by atoms with Crippen LogP contribution in [0, 0.1) is 5.92 Å². The fourth-order valence-corrected chi connectivity index (χ4v) is 2.42. The van der Waals surface area contributed by atoms with Gasteiger partial charge in [-0.05, 0) is 30.9 Å². The predicted molar refractivity (Wildman–Crippen MR) is 59.1 cm³/mol. The van der Waals surface area contributed by atoms with Gasteiger partial charge in [-0.1, -0.05) is 38.2 Å². The lowest BCUT2D eigenvalue weighted by Gasteiger charge is -2.07. The second kappa shape index (κ2) is 5.14. The first-order valence-corrected chi connectivity index (χ1v) is 5.85. The van der Waals surface area contributed by atoms with E-state index in [1.165, 1.54) is 44.2 Å². The third kappa shape index (κ3) is 2.83. The molecule has 0 N–H and O–H groups in total. The molecule has 1 heterocycles. The summed E-state index contributed by atoms with van der Waals surface area (Å²) in [4.78, 5) is 4.34. The lowest BCUT2D eigenvalue weighted by molar-refractivity contribution is 0.482. The van der Waals surface area contributed by atoms with Crippen LogP contribution in [0.2, 0.25) is 0 Å². The lowest BCUT2D eigenvalue weighted by atomic mass is 10.00. The van der Waals surface area contributed by atoms with Gasteiger partial charge >= 0.3 is 0 Å². The molecule has 0 radical (unpaired) electrons. The van der Waals surface area contributed by atoms with Gasteiger partial charge in [0, 0.05) is 11.9 Å². The van der Waals surface area contributed by atoms with E-state index in [1.54, 1.807) is 0 Å². The average Bonchev–Trinajstić information content (AvgIpc) is 2.72. The summed E-state index contributed by atoms with van der Waals surface area (Å²) in [6.07, 6.45) is 11.7. The summed E-state index contributed by atoms with van der Waals surface area (Å²) in [5.74, 6) is 1.03. The molecule has 0 atom stereocenters. The lowest BCUT2D eigenvalue weighted by Crippen LogP contribution is -1.95. The molecule has 1 aromatic heterocycles. The first-order valence-electron chi connectivity index (χ1n) is 5.85. The van der Waals surface area contributed by atoms with Crippen LogP contribution in [0.25, 0.3) is 0 Å². The molecule has 0 amide bonds. The van der Waals surface area contributed by atoms with Crippen LogP contribution in [0.15, 0.2) is 24.4 Å². The fourth-order valence-electron chi connectivity index (χ4n) is 2.42. The smallest absolute Gasteiger partial charge is 0.0403 e. The van der Waals surface area contributed by atoms with Gasteiger partial charge in [0.05, 0.1) is 0 Å². The van der Waals surface area contributed by atoms with Gasteiger partial charge < -0.3 is 0 Å². The fraction of sp³-hybridized carbons (Fsp3) is 0.615. The van der Waals surface area contributed by atoms with E-state index < -0.39 is 0 Å². The summed E-state index contributed by atoms with van der Waals surface area (Å²) in [6.45, 7) is 0. The zero-order valence-electron chi connectivity index (χ0n) is 8.78. The number of rotatable bonds is 4. The Morgan fingerprint density at radius 1 is 1.21 bits per heavy atom. The van der Waals surface area contributed by atoms with Crippen LogP contribution >= 0.6 is 0 Å². The molecule has 0 spiro atoms. The Kier molecular flexibility index (Phi) is 3.56. The van der Waals surface area contributed by atoms with Crippen molar-refractivity contribution in [2.75, 3.05) is 0 Å². The van der Waals surface area contributed by atoms with E-state index in [1.807, 2.05) is 12.3 Å². The van der Waals surface area contributed by atoms with Crippen molar-refractivity contribution in [1.82, 2.24) is 4.98 Å². The van der Waals surface area contributed by atoms with Crippen molar-refractivity contribution < 1.29 is 0 Å². The second-order valence-electron chi connectivity index (χ2n) is 4.36. The Balaban J connectivity index is 1.67. The maximum absolute atomic E-state index is 4.34. The number of aromatic nitrogens is 1. The molecule has 0 bridgehead atoms. The Bertz CT molecular complexity index is 249. The van der Waals surface area contributed by atoms with E-state index in [9.17, 15) is 0 Å². The Labute approximate surface area is 86.6 Å². The maximum Gasteiger partial charge on any atom is 0.0403 e. The third-order valence-corrected chi connectivity index (χ3v) is 3.25. The van der Waals surface area contributed by atoms with Gasteiger partial charge in [-0.3, -0.25) is 4.98 Å². The Hall–Kier alpha value is -0.850. The molecule has 0 unspecified atom stereocenters. The molecule has 2 rings (SSSR count). The van der Waals surface area contributed by atoms with Crippen molar-refractivity contribution in [2.45, 2.75) is 44.9 Å². The molecule has 1 fully saturated rings. The molecule has 1 aliphatic carbocycles. The topological polar surface area (TPSA) is 12.9 Å². The van der Waals surface area contributed by atoms with Gasteiger partial charge in [-0.2, -0.15) is 0 Å². The first kappa shape index (κ1) is 9.70. The second-order valence-corrected chi connectivity index (χ2v) is 4.36. The maximum atomic E-state index is 4.34. The third-order valence-electron chi connectivity index (χ3n) is 3.25. The molecular formula is C13H19N. The number of pyridine rings is 1. The highest BCUT2D eigenvalue weighted by molar-refractivity contribution is 5.03. The summed E-state index contributed by atoms with van der Waals surface area (Å²) in [7, 11) is 0. The van der Waals surface area contributed by atoms with Gasteiger partial charge in [-0.25, -0.2) is 0 Å². The number of hydrogen-bond acceptors (Lipinski definition) is 1. The van der Waals surface area contributed by atoms with Gasteiger partial charge in [0.1, 0.15) is 0 Å². The van der Waals surface area contributed by atoms with Gasteiger partial charge in [0.15, 0.2) is 0 Å². The molecule has 14 heavy (non-hydrogen) atoms. The number of hydrogen-bond donors (Lipinski definition) is 0. The summed E-state index contributed by atoms with van der Waals surface area (Å²) in [5, 5.41) is 0. The molecule has 1 nitrogen and oxygen atoms in total. The van der Waals surface area contributed by atoms with Crippen LogP contribution in [0.4, 0.5) is 0 Å². The van der Waals surface area contributed by atoms with Crippen molar-refractivity contribution in [3.05, 3.63) is 30.1 Å². The van der Waals surface area contributed by atoms with Crippen molar-refractivity contribution in [2.24, 2.45) is 5.92 Å². The summed E-state index contributed by atoms with van der Waals surface area (Å²) >= 11 is 0. The Morgan fingerprint density at radius 3 is 2.79 bits per heavy atom. The first-order chi connectivity index (χ1) is 6.95. The zero-order valence-corrected chi connectivity index (χ0v) is 8.78. The van der Waals surface area contributed by atoms with Gasteiger partial charge in [0.2, 0.25) is 0 Å². The quantitative estimate of drug-likeness (QED) is 0.705. The van der Waals surface area contributed by atoms with Crippen molar-refractivity contribution in [1.29, 1.82) is 0 Å². The molecule has 0 aromatic carbocycles. The van der Waals surface area contributed by atoms with E-state index in [2.05, 4.69) is 17.1 Å².